The molecule has 1 heterocycles. The summed E-state index contributed by atoms with van der Waals surface area (Å²) in [6.07, 6.45) is 2.05. The highest BCUT2D eigenvalue weighted by Crippen LogP contribution is 2.31. The summed E-state index contributed by atoms with van der Waals surface area (Å²) in [7, 11) is 0. The van der Waals surface area contributed by atoms with Crippen molar-refractivity contribution in [1.82, 2.24) is 9.78 Å². The number of aryl methyl sites for hydroxylation is 1. The molecule has 0 aliphatic carbocycles. The lowest BCUT2D eigenvalue weighted by atomic mass is 10.1. The molecule has 1 rings (SSSR count). The molecule has 1 aromatic rings. The molecular formula is C14H28N4O. The lowest BCUT2D eigenvalue weighted by Gasteiger charge is -2.33. The quantitative estimate of drug-likeness (QED) is 0.796. The van der Waals surface area contributed by atoms with E-state index in [0.717, 1.165) is 30.0 Å². The van der Waals surface area contributed by atoms with Gasteiger partial charge in [0.2, 0.25) is 0 Å². The fourth-order valence-corrected chi connectivity index (χ4v) is 2.49. The summed E-state index contributed by atoms with van der Waals surface area (Å²) in [5.74, 6) is 0.954. The van der Waals surface area contributed by atoms with Crippen LogP contribution in [0.15, 0.2) is 0 Å². The van der Waals surface area contributed by atoms with Crippen molar-refractivity contribution in [3.05, 3.63) is 5.69 Å². The second kappa shape index (κ2) is 6.80. The summed E-state index contributed by atoms with van der Waals surface area (Å²) in [5.41, 5.74) is 7.80. The molecule has 0 saturated carbocycles. The monoisotopic (exact) mass is 268 g/mol. The van der Waals surface area contributed by atoms with Gasteiger partial charge in [-0.1, -0.05) is 13.8 Å². The van der Waals surface area contributed by atoms with Gasteiger partial charge in [0, 0.05) is 18.6 Å². The molecule has 0 unspecified atom stereocenters. The maximum atomic E-state index is 9.35. The predicted molar refractivity (Wildman–Crippen MR) is 80.6 cm³/mol. The Morgan fingerprint density at radius 2 is 1.89 bits per heavy atom. The first-order valence-corrected chi connectivity index (χ1v) is 7.19. The summed E-state index contributed by atoms with van der Waals surface area (Å²) < 4.78 is 1.97. The van der Waals surface area contributed by atoms with Gasteiger partial charge in [0.1, 0.15) is 0 Å². The number of rotatable bonds is 7. The number of nitrogens with zero attached hydrogens (tertiary/aromatic N) is 3. The summed E-state index contributed by atoms with van der Waals surface area (Å²) in [5, 5.41) is 13.9. The molecule has 0 amide bonds. The molecule has 0 radical (unpaired) electrons. The molecular weight excluding hydrogens is 240 g/mol. The third kappa shape index (κ3) is 3.21. The molecule has 5 heteroatoms. The van der Waals surface area contributed by atoms with Crippen molar-refractivity contribution in [3.63, 3.8) is 0 Å². The molecule has 0 bridgehead atoms. The second-order valence-electron chi connectivity index (χ2n) is 5.25. The van der Waals surface area contributed by atoms with Crippen molar-refractivity contribution in [2.24, 2.45) is 0 Å². The largest absolute Gasteiger partial charge is 0.395 e. The third-order valence-electron chi connectivity index (χ3n) is 3.59. The molecule has 19 heavy (non-hydrogen) atoms. The second-order valence-corrected chi connectivity index (χ2v) is 5.25. The van der Waals surface area contributed by atoms with Crippen LogP contribution in [0.2, 0.25) is 0 Å². The molecule has 1 aromatic heterocycles. The van der Waals surface area contributed by atoms with Gasteiger partial charge in [0.05, 0.1) is 18.0 Å². The number of nitrogen functional groups attached to an aromatic ring is 1. The predicted octanol–water partition coefficient (Wildman–Crippen LogP) is 2.34. The third-order valence-corrected chi connectivity index (χ3v) is 3.59. The van der Waals surface area contributed by atoms with E-state index in [1.165, 1.54) is 0 Å². The fraction of sp³-hybridized carbons (Fsp3) is 0.786. The maximum absolute atomic E-state index is 9.35. The van der Waals surface area contributed by atoms with Gasteiger partial charge < -0.3 is 15.7 Å². The van der Waals surface area contributed by atoms with Gasteiger partial charge >= 0.3 is 0 Å². The van der Waals surface area contributed by atoms with E-state index in [1.54, 1.807) is 0 Å². The summed E-state index contributed by atoms with van der Waals surface area (Å²) in [6, 6.07) is 0.629. The highest BCUT2D eigenvalue weighted by Gasteiger charge is 2.24. The molecule has 0 saturated heterocycles. The number of aliphatic hydroxyl groups excluding tert-OH is 1. The lowest BCUT2D eigenvalue weighted by Crippen LogP contribution is -2.39. The highest BCUT2D eigenvalue weighted by molar-refractivity contribution is 5.67. The first kappa shape index (κ1) is 15.8. The van der Waals surface area contributed by atoms with Crippen LogP contribution >= 0.6 is 0 Å². The van der Waals surface area contributed by atoms with Crippen LogP contribution in [-0.4, -0.2) is 34.1 Å². The number of hydrogen-bond acceptors (Lipinski definition) is 4. The highest BCUT2D eigenvalue weighted by atomic mass is 16.3. The van der Waals surface area contributed by atoms with Crippen LogP contribution in [0.5, 0.6) is 0 Å². The first-order valence-electron chi connectivity index (χ1n) is 7.19. The van der Waals surface area contributed by atoms with Crippen LogP contribution in [0.4, 0.5) is 11.5 Å². The molecule has 0 aliphatic heterocycles. The van der Waals surface area contributed by atoms with Gasteiger partial charge in [-0.25, -0.2) is 4.68 Å². The van der Waals surface area contributed by atoms with Crippen molar-refractivity contribution in [1.29, 1.82) is 0 Å². The van der Waals surface area contributed by atoms with E-state index < -0.39 is 0 Å². The van der Waals surface area contributed by atoms with Crippen LogP contribution in [0.3, 0.4) is 0 Å². The van der Waals surface area contributed by atoms with Gasteiger partial charge in [0.25, 0.3) is 0 Å². The number of aromatic nitrogens is 2. The molecule has 5 nitrogen and oxygen atoms in total. The molecule has 3 N–H and O–H groups in total. The molecule has 0 aromatic carbocycles. The van der Waals surface area contributed by atoms with Crippen LogP contribution in [0, 0.1) is 6.92 Å². The average molecular weight is 268 g/mol. The Hall–Kier alpha value is -1.23. The van der Waals surface area contributed by atoms with Crippen LogP contribution in [0.1, 0.15) is 52.3 Å². The summed E-state index contributed by atoms with van der Waals surface area (Å²) in [4.78, 5) is 2.20. The zero-order valence-electron chi connectivity index (χ0n) is 12.8. The standard InChI is InChI=1S/C14H28N4O/c1-6-12(7-2)17(8-9-19)14-13(15)11(5)16-18(14)10(3)4/h10,12,19H,6-9,15H2,1-5H3. The minimum atomic E-state index is 0.123. The number of aliphatic hydroxyl groups is 1. The van der Waals surface area contributed by atoms with E-state index in [0.29, 0.717) is 12.6 Å². The Kier molecular flexibility index (Phi) is 5.66. The van der Waals surface area contributed by atoms with Crippen molar-refractivity contribution in [2.75, 3.05) is 23.8 Å². The SMILES string of the molecule is CCC(CC)N(CCO)c1c(N)c(C)nn1C(C)C. The van der Waals surface area contributed by atoms with E-state index in [2.05, 4.69) is 37.7 Å². The molecule has 0 atom stereocenters. The van der Waals surface area contributed by atoms with Crippen molar-refractivity contribution in [3.8, 4) is 0 Å². The maximum Gasteiger partial charge on any atom is 0.151 e. The molecule has 0 spiro atoms. The molecule has 0 fully saturated rings. The Labute approximate surface area is 116 Å². The lowest BCUT2D eigenvalue weighted by molar-refractivity contribution is 0.294. The van der Waals surface area contributed by atoms with E-state index in [9.17, 15) is 5.11 Å². The fourth-order valence-electron chi connectivity index (χ4n) is 2.49. The van der Waals surface area contributed by atoms with Crippen molar-refractivity contribution >= 4 is 11.5 Å². The van der Waals surface area contributed by atoms with E-state index in [4.69, 9.17) is 5.73 Å². The van der Waals surface area contributed by atoms with Crippen LogP contribution in [0.25, 0.3) is 0 Å². The van der Waals surface area contributed by atoms with Crippen LogP contribution < -0.4 is 10.6 Å². The van der Waals surface area contributed by atoms with Gasteiger partial charge in [-0.2, -0.15) is 5.10 Å². The minimum Gasteiger partial charge on any atom is -0.395 e. The Morgan fingerprint density at radius 3 is 2.32 bits per heavy atom. The van der Waals surface area contributed by atoms with Crippen LogP contribution in [-0.2, 0) is 0 Å². The van der Waals surface area contributed by atoms with Gasteiger partial charge in [0.15, 0.2) is 5.82 Å². The van der Waals surface area contributed by atoms with Gasteiger partial charge in [-0.05, 0) is 33.6 Å². The Bertz CT molecular complexity index is 396. The van der Waals surface area contributed by atoms with E-state index in [1.807, 2.05) is 11.6 Å². The Morgan fingerprint density at radius 1 is 1.32 bits per heavy atom. The normalized spacial score (nSPS) is 11.6. The summed E-state index contributed by atoms with van der Waals surface area (Å²) in [6.45, 7) is 11.2. The van der Waals surface area contributed by atoms with Gasteiger partial charge in [-0.15, -0.1) is 0 Å². The summed E-state index contributed by atoms with van der Waals surface area (Å²) >= 11 is 0. The number of hydrogen-bond donors (Lipinski definition) is 2. The van der Waals surface area contributed by atoms with E-state index >= 15 is 0 Å². The minimum absolute atomic E-state index is 0.123. The smallest absolute Gasteiger partial charge is 0.151 e. The zero-order chi connectivity index (χ0) is 14.6. The van der Waals surface area contributed by atoms with E-state index in [-0.39, 0.29) is 12.6 Å². The Balaban J connectivity index is 3.28. The van der Waals surface area contributed by atoms with Crippen molar-refractivity contribution < 1.29 is 5.11 Å². The first-order chi connectivity index (χ1) is 8.97. The number of anilines is 2. The average Bonchev–Trinajstić information content (AvgIpc) is 2.66. The van der Waals surface area contributed by atoms with Gasteiger partial charge in [-0.3, -0.25) is 0 Å². The molecule has 110 valence electrons. The zero-order valence-corrected chi connectivity index (χ0v) is 12.8. The number of nitrogens with two attached hydrogens (primary N) is 1. The molecule has 0 aliphatic rings. The van der Waals surface area contributed by atoms with Crippen molar-refractivity contribution in [2.45, 2.75) is 59.5 Å². The topological polar surface area (TPSA) is 67.3 Å².